The fourth-order valence-corrected chi connectivity index (χ4v) is 1.34. The van der Waals surface area contributed by atoms with Gasteiger partial charge in [0, 0.05) is 5.39 Å². The number of hydrogen-bond acceptors (Lipinski definition) is 2. The van der Waals surface area contributed by atoms with Crippen LogP contribution in [0.25, 0.3) is 10.8 Å². The minimum absolute atomic E-state index is 0.0247. The standard InChI is InChI=1S/C10H7F2NO/c11-9-7-4-6(14)2-1-5(7)3-8(13)10(9)12/h1-4,14H,13H2. The molecule has 0 aliphatic carbocycles. The largest absolute Gasteiger partial charge is 0.508 e. The van der Waals surface area contributed by atoms with Gasteiger partial charge in [0.15, 0.2) is 11.6 Å². The molecule has 0 saturated heterocycles. The van der Waals surface area contributed by atoms with Gasteiger partial charge in [-0.05, 0) is 23.6 Å². The highest BCUT2D eigenvalue weighted by Crippen LogP contribution is 2.27. The summed E-state index contributed by atoms with van der Waals surface area (Å²) in [5, 5.41) is 9.58. The molecule has 0 radical (unpaired) electrons. The number of benzene rings is 2. The van der Waals surface area contributed by atoms with Crippen molar-refractivity contribution in [1.82, 2.24) is 0 Å². The van der Waals surface area contributed by atoms with Gasteiger partial charge in [-0.1, -0.05) is 6.07 Å². The van der Waals surface area contributed by atoms with E-state index in [1.54, 1.807) is 0 Å². The zero-order valence-electron chi connectivity index (χ0n) is 7.09. The van der Waals surface area contributed by atoms with E-state index >= 15 is 0 Å². The van der Waals surface area contributed by atoms with E-state index in [0.717, 1.165) is 6.07 Å². The van der Waals surface area contributed by atoms with Crippen LogP contribution in [0, 0.1) is 11.6 Å². The van der Waals surface area contributed by atoms with Gasteiger partial charge in [0.1, 0.15) is 5.75 Å². The van der Waals surface area contributed by atoms with Crippen molar-refractivity contribution in [2.45, 2.75) is 0 Å². The van der Waals surface area contributed by atoms with Crippen LogP contribution in [-0.4, -0.2) is 5.11 Å². The van der Waals surface area contributed by atoms with E-state index < -0.39 is 11.6 Å². The van der Waals surface area contributed by atoms with Crippen LogP contribution in [0.2, 0.25) is 0 Å². The summed E-state index contributed by atoms with van der Waals surface area (Å²) in [7, 11) is 0. The molecular formula is C10H7F2NO. The minimum atomic E-state index is -1.08. The highest BCUT2D eigenvalue weighted by molar-refractivity contribution is 5.87. The highest BCUT2D eigenvalue weighted by atomic mass is 19.2. The van der Waals surface area contributed by atoms with Gasteiger partial charge >= 0.3 is 0 Å². The molecule has 2 aromatic carbocycles. The van der Waals surface area contributed by atoms with Crippen molar-refractivity contribution in [3.05, 3.63) is 35.9 Å². The molecule has 0 aliphatic rings. The molecule has 0 saturated carbocycles. The van der Waals surface area contributed by atoms with Crippen LogP contribution in [0.5, 0.6) is 5.75 Å². The number of fused-ring (bicyclic) bond motifs is 1. The number of phenolic OH excluding ortho intramolecular Hbond substituents is 1. The number of rotatable bonds is 0. The number of anilines is 1. The van der Waals surface area contributed by atoms with Crippen LogP contribution >= 0.6 is 0 Å². The Balaban J connectivity index is 2.92. The van der Waals surface area contributed by atoms with Gasteiger partial charge in [0.2, 0.25) is 0 Å². The molecule has 0 heterocycles. The molecular weight excluding hydrogens is 188 g/mol. The number of hydrogen-bond donors (Lipinski definition) is 2. The van der Waals surface area contributed by atoms with Gasteiger partial charge in [-0.2, -0.15) is 0 Å². The molecule has 0 aromatic heterocycles. The van der Waals surface area contributed by atoms with Crippen molar-refractivity contribution >= 4 is 16.5 Å². The predicted molar refractivity (Wildman–Crippen MR) is 49.9 cm³/mol. The summed E-state index contributed by atoms with van der Waals surface area (Å²) < 4.78 is 26.3. The molecule has 4 heteroatoms. The first-order valence-corrected chi connectivity index (χ1v) is 3.96. The average Bonchev–Trinajstić information content (AvgIpc) is 2.16. The fraction of sp³-hybridized carbons (Fsp3) is 0. The van der Waals surface area contributed by atoms with Gasteiger partial charge in [0.05, 0.1) is 5.69 Å². The van der Waals surface area contributed by atoms with Crippen LogP contribution in [-0.2, 0) is 0 Å². The number of phenols is 1. The van der Waals surface area contributed by atoms with Gasteiger partial charge in [-0.25, -0.2) is 8.78 Å². The molecule has 14 heavy (non-hydrogen) atoms. The number of aromatic hydroxyl groups is 1. The summed E-state index contributed by atoms with van der Waals surface area (Å²) in [5.41, 5.74) is 5.01. The SMILES string of the molecule is Nc1cc2ccc(O)cc2c(F)c1F. The van der Waals surface area contributed by atoms with E-state index in [-0.39, 0.29) is 16.8 Å². The van der Waals surface area contributed by atoms with Crippen LogP contribution in [0.15, 0.2) is 24.3 Å². The smallest absolute Gasteiger partial charge is 0.182 e. The molecule has 2 rings (SSSR count). The molecule has 0 atom stereocenters. The molecule has 72 valence electrons. The Morgan fingerprint density at radius 3 is 2.50 bits per heavy atom. The van der Waals surface area contributed by atoms with E-state index in [0.29, 0.717) is 5.39 Å². The monoisotopic (exact) mass is 195 g/mol. The first kappa shape index (κ1) is 8.74. The molecule has 2 nitrogen and oxygen atoms in total. The zero-order chi connectivity index (χ0) is 10.3. The van der Waals surface area contributed by atoms with E-state index in [9.17, 15) is 8.78 Å². The average molecular weight is 195 g/mol. The van der Waals surface area contributed by atoms with Crippen molar-refractivity contribution in [2.75, 3.05) is 5.73 Å². The highest BCUT2D eigenvalue weighted by Gasteiger charge is 2.11. The summed E-state index contributed by atoms with van der Waals surface area (Å²) in [6.07, 6.45) is 0. The molecule has 3 N–H and O–H groups in total. The molecule has 0 bridgehead atoms. The Labute approximate surface area is 78.6 Å². The lowest BCUT2D eigenvalue weighted by Gasteiger charge is -2.04. The molecule has 2 aromatic rings. The minimum Gasteiger partial charge on any atom is -0.508 e. The van der Waals surface area contributed by atoms with E-state index in [4.69, 9.17) is 10.8 Å². The van der Waals surface area contributed by atoms with Crippen LogP contribution < -0.4 is 5.73 Å². The maximum Gasteiger partial charge on any atom is 0.182 e. The topological polar surface area (TPSA) is 46.2 Å². The number of nitrogen functional groups attached to an aromatic ring is 1. The number of nitrogens with two attached hydrogens (primary N) is 1. The Morgan fingerprint density at radius 2 is 1.79 bits per heavy atom. The summed E-state index contributed by atoms with van der Waals surface area (Å²) >= 11 is 0. The molecule has 0 fully saturated rings. The summed E-state index contributed by atoms with van der Waals surface area (Å²) in [5.74, 6) is -2.22. The van der Waals surface area contributed by atoms with Crippen LogP contribution in [0.1, 0.15) is 0 Å². The third-order valence-corrected chi connectivity index (χ3v) is 2.03. The number of halogens is 2. The van der Waals surface area contributed by atoms with Crippen LogP contribution in [0.4, 0.5) is 14.5 Å². The van der Waals surface area contributed by atoms with Crippen molar-refractivity contribution in [1.29, 1.82) is 0 Å². The Hall–Kier alpha value is -1.84. The van der Waals surface area contributed by atoms with Gasteiger partial charge in [-0.3, -0.25) is 0 Å². The first-order chi connectivity index (χ1) is 6.59. The van der Waals surface area contributed by atoms with Gasteiger partial charge in [-0.15, -0.1) is 0 Å². The fourth-order valence-electron chi connectivity index (χ4n) is 1.34. The van der Waals surface area contributed by atoms with Crippen LogP contribution in [0.3, 0.4) is 0 Å². The quantitative estimate of drug-likeness (QED) is 0.634. The predicted octanol–water partition coefficient (Wildman–Crippen LogP) is 2.41. The maximum atomic E-state index is 13.3. The van der Waals surface area contributed by atoms with Crippen molar-refractivity contribution in [3.63, 3.8) is 0 Å². The van der Waals surface area contributed by atoms with Gasteiger partial charge in [0.25, 0.3) is 0 Å². The van der Waals surface area contributed by atoms with Gasteiger partial charge < -0.3 is 10.8 Å². The van der Waals surface area contributed by atoms with E-state index in [2.05, 4.69) is 0 Å². The lowest BCUT2D eigenvalue weighted by molar-refractivity contribution is 0.475. The summed E-state index contributed by atoms with van der Waals surface area (Å²) in [6.45, 7) is 0. The van der Waals surface area contributed by atoms with E-state index in [1.165, 1.54) is 18.2 Å². The van der Waals surface area contributed by atoms with Crippen molar-refractivity contribution in [2.24, 2.45) is 0 Å². The lowest BCUT2D eigenvalue weighted by atomic mass is 10.1. The molecule has 0 spiro atoms. The third-order valence-electron chi connectivity index (χ3n) is 2.03. The zero-order valence-corrected chi connectivity index (χ0v) is 7.09. The molecule has 0 unspecified atom stereocenters. The summed E-state index contributed by atoms with van der Waals surface area (Å²) in [4.78, 5) is 0. The molecule has 0 amide bonds. The Kier molecular flexibility index (Phi) is 1.77. The van der Waals surface area contributed by atoms with E-state index in [1.807, 2.05) is 0 Å². The van der Waals surface area contributed by atoms with Crippen molar-refractivity contribution < 1.29 is 13.9 Å². The third kappa shape index (κ3) is 1.16. The normalized spacial score (nSPS) is 10.7. The Bertz CT molecular complexity index is 511. The maximum absolute atomic E-state index is 13.3. The second kappa shape index (κ2) is 2.83. The first-order valence-electron chi connectivity index (χ1n) is 3.96. The second-order valence-electron chi connectivity index (χ2n) is 3.00. The lowest BCUT2D eigenvalue weighted by Crippen LogP contribution is -1.95. The Morgan fingerprint density at radius 1 is 1.07 bits per heavy atom. The molecule has 0 aliphatic heterocycles. The second-order valence-corrected chi connectivity index (χ2v) is 3.00. The summed E-state index contributed by atoms with van der Waals surface area (Å²) in [6, 6.07) is 5.35. The van der Waals surface area contributed by atoms with Crippen molar-refractivity contribution in [3.8, 4) is 5.75 Å².